The molecule has 0 aliphatic carbocycles. The van der Waals surface area contributed by atoms with Crippen molar-refractivity contribution in [3.63, 3.8) is 0 Å². The summed E-state index contributed by atoms with van der Waals surface area (Å²) in [5, 5.41) is 10.9. The van der Waals surface area contributed by atoms with Gasteiger partial charge < -0.3 is 24.1 Å². The molecule has 0 aromatic heterocycles. The molecular formula is C28H32O7S. The highest BCUT2D eigenvalue weighted by Gasteiger charge is 2.48. The van der Waals surface area contributed by atoms with E-state index in [9.17, 15) is 13.5 Å². The molecule has 1 saturated heterocycles. The Bertz CT molecular complexity index is 1160. The second-order valence-electron chi connectivity index (χ2n) is 8.94. The lowest BCUT2D eigenvalue weighted by Crippen LogP contribution is -2.61. The Labute approximate surface area is 212 Å². The number of rotatable bonds is 11. The molecule has 1 heterocycles. The van der Waals surface area contributed by atoms with Crippen molar-refractivity contribution in [2.45, 2.75) is 50.5 Å². The summed E-state index contributed by atoms with van der Waals surface area (Å²) in [6, 6.07) is 28.8. The van der Waals surface area contributed by atoms with Gasteiger partial charge in [-0.1, -0.05) is 91.0 Å². The van der Waals surface area contributed by atoms with Crippen LogP contribution >= 0.6 is 0 Å². The minimum atomic E-state index is -3.44. The monoisotopic (exact) mass is 512 g/mol. The molecule has 1 fully saturated rings. The Morgan fingerprint density at radius 2 is 1.06 bits per heavy atom. The van der Waals surface area contributed by atoms with Crippen molar-refractivity contribution in [3.8, 4) is 0 Å². The van der Waals surface area contributed by atoms with Crippen LogP contribution in [-0.2, 0) is 48.6 Å². The largest absolute Gasteiger partial charge is 0.368 e. The lowest BCUT2D eigenvalue weighted by molar-refractivity contribution is -0.307. The van der Waals surface area contributed by atoms with Gasteiger partial charge in [-0.25, -0.2) is 8.42 Å². The Kier molecular flexibility index (Phi) is 9.25. The summed E-state index contributed by atoms with van der Waals surface area (Å²) in [5.74, 6) is -0.319. The molecule has 3 aromatic rings. The second-order valence-corrected chi connectivity index (χ2v) is 11.1. The summed E-state index contributed by atoms with van der Waals surface area (Å²) in [6.07, 6.45) is -3.67. The van der Waals surface area contributed by atoms with Gasteiger partial charge in [-0.2, -0.15) is 0 Å². The predicted octanol–water partition coefficient (Wildman–Crippen LogP) is 3.50. The lowest BCUT2D eigenvalue weighted by atomic mass is 9.98. The lowest BCUT2D eigenvalue weighted by Gasteiger charge is -2.44. The van der Waals surface area contributed by atoms with Crippen molar-refractivity contribution in [2.75, 3.05) is 12.0 Å². The first-order valence-corrected chi connectivity index (χ1v) is 13.9. The van der Waals surface area contributed by atoms with Crippen LogP contribution in [0.5, 0.6) is 0 Å². The van der Waals surface area contributed by atoms with Crippen LogP contribution in [0.25, 0.3) is 0 Å². The molecule has 1 aliphatic heterocycles. The van der Waals surface area contributed by atoms with Gasteiger partial charge in [-0.05, 0) is 16.7 Å². The first kappa shape index (κ1) is 26.5. The third-order valence-corrected chi connectivity index (χ3v) is 6.87. The van der Waals surface area contributed by atoms with E-state index in [2.05, 4.69) is 0 Å². The average molecular weight is 513 g/mol. The van der Waals surface area contributed by atoms with Gasteiger partial charge >= 0.3 is 0 Å². The summed E-state index contributed by atoms with van der Waals surface area (Å²) in [5.41, 5.74) is 2.78. The molecule has 36 heavy (non-hydrogen) atoms. The van der Waals surface area contributed by atoms with Gasteiger partial charge in [0.05, 0.1) is 25.6 Å². The smallest absolute Gasteiger partial charge is 0.184 e. The molecular weight excluding hydrogens is 480 g/mol. The standard InChI is InChI=1S/C28H32O7S/c1-36(30,31)20-24-25(32-17-21-11-5-2-6-12-21)26(33-18-22-13-7-3-8-14-22)27(28(29)35-24)34-19-23-15-9-4-10-16-23/h2-16,24-29H,17-20H2,1H3/t24-,25-,26+,27-,28+/m1/s1. The quantitative estimate of drug-likeness (QED) is 0.420. The third-order valence-electron chi connectivity index (χ3n) is 5.93. The Balaban J connectivity index is 1.60. The van der Waals surface area contributed by atoms with Crippen LogP contribution in [0.2, 0.25) is 0 Å². The molecule has 0 unspecified atom stereocenters. The maximum atomic E-state index is 12.2. The van der Waals surface area contributed by atoms with Gasteiger partial charge in [0.1, 0.15) is 34.3 Å². The third kappa shape index (κ3) is 7.70. The number of hydrogen-bond acceptors (Lipinski definition) is 7. The van der Waals surface area contributed by atoms with Gasteiger partial charge in [-0.15, -0.1) is 0 Å². The summed E-state index contributed by atoms with van der Waals surface area (Å²) in [4.78, 5) is 0. The van der Waals surface area contributed by atoms with Crippen molar-refractivity contribution in [2.24, 2.45) is 0 Å². The number of aliphatic hydroxyl groups excluding tert-OH is 1. The maximum absolute atomic E-state index is 12.2. The number of aliphatic hydroxyl groups is 1. The average Bonchev–Trinajstić information content (AvgIpc) is 2.87. The van der Waals surface area contributed by atoms with Gasteiger partial charge in [0.25, 0.3) is 0 Å². The number of benzene rings is 3. The van der Waals surface area contributed by atoms with Crippen LogP contribution in [0, 0.1) is 0 Å². The first-order valence-electron chi connectivity index (χ1n) is 11.9. The maximum Gasteiger partial charge on any atom is 0.184 e. The topological polar surface area (TPSA) is 91.3 Å². The highest BCUT2D eigenvalue weighted by Crippen LogP contribution is 2.30. The molecule has 8 heteroatoms. The van der Waals surface area contributed by atoms with Crippen molar-refractivity contribution in [1.29, 1.82) is 0 Å². The van der Waals surface area contributed by atoms with Crippen molar-refractivity contribution < 1.29 is 32.5 Å². The highest BCUT2D eigenvalue weighted by molar-refractivity contribution is 7.90. The van der Waals surface area contributed by atoms with Crippen LogP contribution in [0.3, 0.4) is 0 Å². The normalized spacial score (nSPS) is 24.4. The summed E-state index contributed by atoms with van der Waals surface area (Å²) >= 11 is 0. The Morgan fingerprint density at radius 3 is 1.47 bits per heavy atom. The molecule has 1 N–H and O–H groups in total. The van der Waals surface area contributed by atoms with E-state index in [0.29, 0.717) is 0 Å². The van der Waals surface area contributed by atoms with E-state index in [1.807, 2.05) is 91.0 Å². The van der Waals surface area contributed by atoms with E-state index in [1.54, 1.807) is 0 Å². The van der Waals surface area contributed by atoms with E-state index in [4.69, 9.17) is 18.9 Å². The fraction of sp³-hybridized carbons (Fsp3) is 0.357. The van der Waals surface area contributed by atoms with E-state index in [1.165, 1.54) is 0 Å². The zero-order chi connectivity index (χ0) is 25.4. The van der Waals surface area contributed by atoms with Crippen LogP contribution in [0.15, 0.2) is 91.0 Å². The first-order chi connectivity index (χ1) is 17.4. The summed E-state index contributed by atoms with van der Waals surface area (Å²) < 4.78 is 48.9. The molecule has 3 aromatic carbocycles. The minimum Gasteiger partial charge on any atom is -0.368 e. The highest BCUT2D eigenvalue weighted by atomic mass is 32.2. The van der Waals surface area contributed by atoms with Crippen LogP contribution in [0.1, 0.15) is 16.7 Å². The van der Waals surface area contributed by atoms with Crippen molar-refractivity contribution >= 4 is 9.84 Å². The fourth-order valence-electron chi connectivity index (χ4n) is 4.20. The molecule has 0 spiro atoms. The molecule has 0 bridgehead atoms. The number of sulfone groups is 1. The molecule has 5 atom stereocenters. The number of ether oxygens (including phenoxy) is 4. The van der Waals surface area contributed by atoms with Crippen LogP contribution < -0.4 is 0 Å². The predicted molar refractivity (Wildman–Crippen MR) is 136 cm³/mol. The fourth-order valence-corrected chi connectivity index (χ4v) is 5.06. The van der Waals surface area contributed by atoms with Crippen LogP contribution in [0.4, 0.5) is 0 Å². The zero-order valence-electron chi connectivity index (χ0n) is 20.2. The molecule has 0 saturated carbocycles. The Hall–Kier alpha value is -2.59. The summed E-state index contributed by atoms with van der Waals surface area (Å²) in [6.45, 7) is 0.682. The van der Waals surface area contributed by atoms with E-state index < -0.39 is 40.5 Å². The van der Waals surface area contributed by atoms with E-state index in [-0.39, 0.29) is 25.6 Å². The van der Waals surface area contributed by atoms with E-state index in [0.717, 1.165) is 22.9 Å². The SMILES string of the molecule is CS(=O)(=O)C[C@H]1O[C@H](O)[C@H](OCc2ccccc2)[C@@H](OCc2ccccc2)[C@@H]1OCc1ccccc1. The van der Waals surface area contributed by atoms with Gasteiger partial charge in [0.15, 0.2) is 6.29 Å². The zero-order valence-corrected chi connectivity index (χ0v) is 21.0. The van der Waals surface area contributed by atoms with E-state index >= 15 is 0 Å². The molecule has 192 valence electrons. The van der Waals surface area contributed by atoms with Gasteiger partial charge in [-0.3, -0.25) is 0 Å². The molecule has 0 radical (unpaired) electrons. The van der Waals surface area contributed by atoms with Crippen molar-refractivity contribution in [3.05, 3.63) is 108 Å². The molecule has 1 aliphatic rings. The van der Waals surface area contributed by atoms with Crippen molar-refractivity contribution in [1.82, 2.24) is 0 Å². The molecule has 4 rings (SSSR count). The van der Waals surface area contributed by atoms with Crippen LogP contribution in [-0.4, -0.2) is 56.2 Å². The number of hydrogen-bond donors (Lipinski definition) is 1. The molecule has 0 amide bonds. The molecule has 7 nitrogen and oxygen atoms in total. The summed E-state index contributed by atoms with van der Waals surface area (Å²) in [7, 11) is -3.44. The van der Waals surface area contributed by atoms with Gasteiger partial charge in [0, 0.05) is 6.26 Å². The Morgan fingerprint density at radius 1 is 0.667 bits per heavy atom. The minimum absolute atomic E-state index is 0.221. The van der Waals surface area contributed by atoms with Gasteiger partial charge in [0.2, 0.25) is 0 Å². The second kappa shape index (κ2) is 12.6.